The SMILES string of the molecule is COc1cccc(C2=C(O)C3(CNC3)OC2=O)c1. The molecule has 2 aliphatic heterocycles. The lowest BCUT2D eigenvalue weighted by atomic mass is 9.92. The fourth-order valence-electron chi connectivity index (χ4n) is 2.23. The lowest BCUT2D eigenvalue weighted by Gasteiger charge is -2.37. The topological polar surface area (TPSA) is 67.8 Å². The van der Waals surface area contributed by atoms with Crippen molar-refractivity contribution in [1.29, 1.82) is 0 Å². The van der Waals surface area contributed by atoms with Crippen molar-refractivity contribution in [3.8, 4) is 5.75 Å². The van der Waals surface area contributed by atoms with Crippen molar-refractivity contribution in [2.75, 3.05) is 20.2 Å². The number of ether oxygens (including phenoxy) is 2. The van der Waals surface area contributed by atoms with Gasteiger partial charge in [-0.2, -0.15) is 0 Å². The molecule has 1 saturated heterocycles. The van der Waals surface area contributed by atoms with E-state index in [1.165, 1.54) is 0 Å². The summed E-state index contributed by atoms with van der Waals surface area (Å²) in [5.41, 5.74) is -0.00815. The summed E-state index contributed by atoms with van der Waals surface area (Å²) >= 11 is 0. The standard InChI is InChI=1S/C13H13NO4/c1-17-9-4-2-3-8(5-9)10-11(15)13(6-14-7-13)18-12(10)16/h2-5,14-15H,6-7H2,1H3. The van der Waals surface area contributed by atoms with Gasteiger partial charge in [0.2, 0.25) is 0 Å². The van der Waals surface area contributed by atoms with E-state index >= 15 is 0 Å². The van der Waals surface area contributed by atoms with Gasteiger partial charge in [0.15, 0.2) is 11.4 Å². The molecule has 1 fully saturated rings. The lowest BCUT2D eigenvalue weighted by Crippen LogP contribution is -2.60. The van der Waals surface area contributed by atoms with Crippen molar-refractivity contribution < 1.29 is 19.4 Å². The summed E-state index contributed by atoms with van der Waals surface area (Å²) < 4.78 is 10.4. The van der Waals surface area contributed by atoms with E-state index < -0.39 is 11.6 Å². The van der Waals surface area contributed by atoms with Crippen LogP contribution in [0.5, 0.6) is 5.75 Å². The molecule has 0 aromatic heterocycles. The summed E-state index contributed by atoms with van der Waals surface area (Å²) in [6, 6.07) is 7.01. The summed E-state index contributed by atoms with van der Waals surface area (Å²) in [4.78, 5) is 11.9. The maximum Gasteiger partial charge on any atom is 0.343 e. The molecule has 2 aliphatic rings. The van der Waals surface area contributed by atoms with E-state index in [0.29, 0.717) is 24.4 Å². The Hall–Kier alpha value is -2.01. The van der Waals surface area contributed by atoms with Crippen molar-refractivity contribution in [3.05, 3.63) is 35.6 Å². The van der Waals surface area contributed by atoms with Crippen LogP contribution < -0.4 is 10.1 Å². The molecule has 0 radical (unpaired) electrons. The first-order valence-corrected chi connectivity index (χ1v) is 5.68. The quantitative estimate of drug-likeness (QED) is 0.759. The highest BCUT2D eigenvalue weighted by Crippen LogP contribution is 2.39. The minimum absolute atomic E-state index is 0.0134. The first-order chi connectivity index (χ1) is 8.66. The van der Waals surface area contributed by atoms with Gasteiger partial charge in [-0.15, -0.1) is 0 Å². The highest BCUT2D eigenvalue weighted by Gasteiger charge is 2.53. The average Bonchev–Trinajstić information content (AvgIpc) is 2.61. The maximum absolute atomic E-state index is 11.9. The van der Waals surface area contributed by atoms with Crippen molar-refractivity contribution >= 4 is 11.5 Å². The number of methoxy groups -OCH3 is 1. The van der Waals surface area contributed by atoms with Gasteiger partial charge in [-0.1, -0.05) is 12.1 Å². The van der Waals surface area contributed by atoms with Gasteiger partial charge in [-0.25, -0.2) is 4.79 Å². The van der Waals surface area contributed by atoms with Gasteiger partial charge in [0, 0.05) is 13.1 Å². The zero-order valence-electron chi connectivity index (χ0n) is 9.90. The van der Waals surface area contributed by atoms with E-state index in [-0.39, 0.29) is 11.3 Å². The van der Waals surface area contributed by atoms with Gasteiger partial charge in [-0.05, 0) is 17.7 Å². The monoisotopic (exact) mass is 247 g/mol. The second-order valence-electron chi connectivity index (χ2n) is 4.44. The third-order valence-corrected chi connectivity index (χ3v) is 3.34. The maximum atomic E-state index is 11.9. The molecular weight excluding hydrogens is 234 g/mol. The Balaban J connectivity index is 2.06. The number of rotatable bonds is 2. The van der Waals surface area contributed by atoms with Crippen LogP contribution >= 0.6 is 0 Å². The Morgan fingerprint density at radius 2 is 2.22 bits per heavy atom. The highest BCUT2D eigenvalue weighted by atomic mass is 16.6. The molecule has 0 amide bonds. The zero-order chi connectivity index (χ0) is 12.8. The van der Waals surface area contributed by atoms with Crippen molar-refractivity contribution in [1.82, 2.24) is 5.32 Å². The minimum Gasteiger partial charge on any atom is -0.507 e. The average molecular weight is 247 g/mol. The first-order valence-electron chi connectivity index (χ1n) is 5.68. The van der Waals surface area contributed by atoms with Gasteiger partial charge in [0.1, 0.15) is 11.3 Å². The smallest absolute Gasteiger partial charge is 0.343 e. The molecule has 3 rings (SSSR count). The molecule has 2 N–H and O–H groups in total. The first kappa shape index (κ1) is 11.1. The summed E-state index contributed by atoms with van der Waals surface area (Å²) in [6.45, 7) is 0.913. The Morgan fingerprint density at radius 3 is 2.78 bits per heavy atom. The van der Waals surface area contributed by atoms with Gasteiger partial charge < -0.3 is 19.9 Å². The number of carbonyl (C=O) groups excluding carboxylic acids is 1. The van der Waals surface area contributed by atoms with E-state index in [1.807, 2.05) is 0 Å². The highest BCUT2D eigenvalue weighted by molar-refractivity contribution is 6.19. The van der Waals surface area contributed by atoms with Crippen molar-refractivity contribution in [3.63, 3.8) is 0 Å². The molecule has 0 bridgehead atoms. The molecule has 0 saturated carbocycles. The molecule has 1 aromatic rings. The molecule has 0 aliphatic carbocycles. The molecule has 94 valence electrons. The Labute approximate surface area is 104 Å². The van der Waals surface area contributed by atoms with Crippen LogP contribution in [0.4, 0.5) is 0 Å². The molecule has 18 heavy (non-hydrogen) atoms. The number of aliphatic hydroxyl groups is 1. The number of hydrogen-bond donors (Lipinski definition) is 2. The summed E-state index contributed by atoms with van der Waals surface area (Å²) in [6.07, 6.45) is 0. The van der Waals surface area contributed by atoms with Gasteiger partial charge in [-0.3, -0.25) is 0 Å². The number of carbonyl (C=O) groups is 1. The number of nitrogens with one attached hydrogen (secondary N) is 1. The fraction of sp³-hybridized carbons (Fsp3) is 0.308. The van der Waals surface area contributed by atoms with E-state index in [2.05, 4.69) is 5.32 Å². The number of esters is 1. The van der Waals surface area contributed by atoms with Crippen molar-refractivity contribution in [2.24, 2.45) is 0 Å². The van der Waals surface area contributed by atoms with Gasteiger partial charge in [0.25, 0.3) is 0 Å². The minimum atomic E-state index is -0.852. The Kier molecular flexibility index (Phi) is 2.31. The van der Waals surface area contributed by atoms with Crippen LogP contribution in [0.1, 0.15) is 5.56 Å². The van der Waals surface area contributed by atoms with Crippen LogP contribution in [0.2, 0.25) is 0 Å². The summed E-state index contributed by atoms with van der Waals surface area (Å²) in [5.74, 6) is 0.162. The van der Waals surface area contributed by atoms with Crippen molar-refractivity contribution in [2.45, 2.75) is 5.60 Å². The van der Waals surface area contributed by atoms with Gasteiger partial charge in [0.05, 0.1) is 7.11 Å². The molecule has 1 spiro atoms. The molecule has 5 heteroatoms. The lowest BCUT2D eigenvalue weighted by molar-refractivity contribution is -0.150. The summed E-state index contributed by atoms with van der Waals surface area (Å²) in [7, 11) is 1.55. The van der Waals surface area contributed by atoms with E-state index in [4.69, 9.17) is 9.47 Å². The largest absolute Gasteiger partial charge is 0.507 e. The Morgan fingerprint density at radius 1 is 1.44 bits per heavy atom. The molecule has 5 nitrogen and oxygen atoms in total. The van der Waals surface area contributed by atoms with Crippen LogP contribution in [-0.2, 0) is 9.53 Å². The molecule has 0 unspecified atom stereocenters. The molecular formula is C13H13NO4. The fourth-order valence-corrected chi connectivity index (χ4v) is 2.23. The summed E-state index contributed by atoms with van der Waals surface area (Å²) in [5, 5.41) is 13.2. The van der Waals surface area contributed by atoms with Crippen LogP contribution in [0.25, 0.3) is 5.57 Å². The predicted molar refractivity (Wildman–Crippen MR) is 64.2 cm³/mol. The second-order valence-corrected chi connectivity index (χ2v) is 4.44. The van der Waals surface area contributed by atoms with Gasteiger partial charge >= 0.3 is 5.97 Å². The normalized spacial score (nSPS) is 20.8. The van der Waals surface area contributed by atoms with Crippen LogP contribution in [0.3, 0.4) is 0 Å². The molecule has 2 heterocycles. The third-order valence-electron chi connectivity index (χ3n) is 3.34. The second kappa shape index (κ2) is 3.74. The number of aliphatic hydroxyl groups excluding tert-OH is 1. The van der Waals surface area contributed by atoms with E-state index in [1.54, 1.807) is 31.4 Å². The number of benzene rings is 1. The predicted octanol–water partition coefficient (Wildman–Crippen LogP) is 0.863. The molecule has 0 atom stereocenters. The third kappa shape index (κ3) is 1.41. The molecule has 1 aromatic carbocycles. The van der Waals surface area contributed by atoms with E-state index in [0.717, 1.165) is 0 Å². The van der Waals surface area contributed by atoms with Crippen LogP contribution in [-0.4, -0.2) is 36.9 Å². The zero-order valence-corrected chi connectivity index (χ0v) is 9.90. The number of hydrogen-bond acceptors (Lipinski definition) is 5. The Bertz CT molecular complexity index is 546. The van der Waals surface area contributed by atoms with Crippen LogP contribution in [0, 0.1) is 0 Å². The van der Waals surface area contributed by atoms with Crippen LogP contribution in [0.15, 0.2) is 30.0 Å². The van der Waals surface area contributed by atoms with E-state index in [9.17, 15) is 9.90 Å².